The van der Waals surface area contributed by atoms with Gasteiger partial charge in [-0.15, -0.1) is 0 Å². The molecule has 1 aliphatic rings. The van der Waals surface area contributed by atoms with Gasteiger partial charge in [-0.25, -0.2) is 0 Å². The average molecular weight is 258 g/mol. The van der Waals surface area contributed by atoms with E-state index >= 15 is 0 Å². The molecule has 1 fully saturated rings. The van der Waals surface area contributed by atoms with E-state index in [9.17, 15) is 0 Å². The molecule has 2 aromatic carbocycles. The highest BCUT2D eigenvalue weighted by atomic mass is 35.5. The molecule has 0 unspecified atom stereocenters. The highest BCUT2D eigenvalue weighted by molar-refractivity contribution is 6.31. The van der Waals surface area contributed by atoms with Crippen LogP contribution in [0, 0.1) is 0 Å². The van der Waals surface area contributed by atoms with Gasteiger partial charge in [0.05, 0.1) is 0 Å². The van der Waals surface area contributed by atoms with Crippen molar-refractivity contribution < 1.29 is 0 Å². The molecule has 0 radical (unpaired) electrons. The number of rotatable bonds is 4. The fourth-order valence-corrected chi connectivity index (χ4v) is 2.57. The van der Waals surface area contributed by atoms with Crippen molar-refractivity contribution >= 4 is 11.6 Å². The molecule has 1 N–H and O–H groups in total. The molecule has 0 spiro atoms. The Morgan fingerprint density at radius 3 is 2.50 bits per heavy atom. The Kier molecular flexibility index (Phi) is 3.35. The third-order valence-corrected chi connectivity index (χ3v) is 3.90. The van der Waals surface area contributed by atoms with Gasteiger partial charge < -0.3 is 5.32 Å². The molecule has 92 valence electrons. The van der Waals surface area contributed by atoms with Crippen LogP contribution in [0.2, 0.25) is 5.02 Å². The van der Waals surface area contributed by atoms with Gasteiger partial charge in [0.1, 0.15) is 0 Å². The van der Waals surface area contributed by atoms with Crippen molar-refractivity contribution in [1.29, 1.82) is 0 Å². The number of benzene rings is 2. The summed E-state index contributed by atoms with van der Waals surface area (Å²) >= 11 is 6.14. The Labute approximate surface area is 113 Å². The molecular weight excluding hydrogens is 242 g/mol. The average Bonchev–Trinajstić information content (AvgIpc) is 3.18. The molecular formula is C16H16ClN. The second-order valence-corrected chi connectivity index (χ2v) is 5.24. The van der Waals surface area contributed by atoms with Crippen LogP contribution in [0.4, 0.5) is 0 Å². The molecule has 0 aromatic heterocycles. The number of nitrogens with one attached hydrogen (secondary N) is 1. The Hall–Kier alpha value is -1.31. The first-order valence-electron chi connectivity index (χ1n) is 6.36. The molecule has 2 atom stereocenters. The summed E-state index contributed by atoms with van der Waals surface area (Å²) in [6.45, 7) is 0.855. The lowest BCUT2D eigenvalue weighted by molar-refractivity contribution is 0.673. The zero-order chi connectivity index (χ0) is 12.4. The number of hydrogen-bond donors (Lipinski definition) is 1. The van der Waals surface area contributed by atoms with Gasteiger partial charge in [-0.3, -0.25) is 0 Å². The van der Waals surface area contributed by atoms with E-state index in [2.05, 4.69) is 41.7 Å². The highest BCUT2D eigenvalue weighted by Gasteiger charge is 2.37. The van der Waals surface area contributed by atoms with Gasteiger partial charge in [0.2, 0.25) is 0 Å². The zero-order valence-corrected chi connectivity index (χ0v) is 10.9. The standard InChI is InChI=1S/C16H16ClN/c17-15-9-5-4-8-13(15)11-18-16-10-14(16)12-6-2-1-3-7-12/h1-9,14,16,18H,10-11H2/t14-,16+/m1/s1. The largest absolute Gasteiger partial charge is 0.309 e. The van der Waals surface area contributed by atoms with E-state index in [1.165, 1.54) is 17.5 Å². The van der Waals surface area contributed by atoms with E-state index in [1.54, 1.807) is 0 Å². The molecule has 0 amide bonds. The topological polar surface area (TPSA) is 12.0 Å². The third-order valence-electron chi connectivity index (χ3n) is 3.53. The summed E-state index contributed by atoms with van der Waals surface area (Å²) in [6, 6.07) is 19.3. The zero-order valence-electron chi connectivity index (χ0n) is 10.1. The Bertz CT molecular complexity index is 524. The number of halogens is 1. The first kappa shape index (κ1) is 11.8. The van der Waals surface area contributed by atoms with E-state index in [0.29, 0.717) is 12.0 Å². The molecule has 0 aliphatic heterocycles. The van der Waals surface area contributed by atoms with Crippen molar-refractivity contribution in [3.63, 3.8) is 0 Å². The molecule has 3 rings (SSSR count). The van der Waals surface area contributed by atoms with Crippen molar-refractivity contribution in [3.8, 4) is 0 Å². The van der Waals surface area contributed by atoms with Crippen LogP contribution in [0.15, 0.2) is 54.6 Å². The summed E-state index contributed by atoms with van der Waals surface area (Å²) in [5, 5.41) is 4.43. The molecule has 1 aliphatic carbocycles. The second-order valence-electron chi connectivity index (χ2n) is 4.83. The lowest BCUT2D eigenvalue weighted by Gasteiger charge is -2.06. The van der Waals surface area contributed by atoms with Gasteiger partial charge in [0.15, 0.2) is 0 Å². The predicted octanol–water partition coefficient (Wildman–Crippen LogP) is 3.99. The van der Waals surface area contributed by atoms with E-state index in [0.717, 1.165) is 11.6 Å². The first-order chi connectivity index (χ1) is 8.84. The fourth-order valence-electron chi connectivity index (χ4n) is 2.37. The highest BCUT2D eigenvalue weighted by Crippen LogP contribution is 2.40. The summed E-state index contributed by atoms with van der Waals surface area (Å²) in [5.74, 6) is 0.675. The SMILES string of the molecule is Clc1ccccc1CN[C@H]1C[C@@H]1c1ccccc1. The third kappa shape index (κ3) is 2.58. The quantitative estimate of drug-likeness (QED) is 0.874. The molecule has 0 bridgehead atoms. The van der Waals surface area contributed by atoms with Gasteiger partial charge in [0.25, 0.3) is 0 Å². The molecule has 1 saturated carbocycles. The molecule has 18 heavy (non-hydrogen) atoms. The molecule has 2 aromatic rings. The summed E-state index contributed by atoms with van der Waals surface area (Å²) in [4.78, 5) is 0. The van der Waals surface area contributed by atoms with Crippen LogP contribution in [0.1, 0.15) is 23.5 Å². The minimum absolute atomic E-state index is 0.601. The van der Waals surface area contributed by atoms with Crippen molar-refractivity contribution in [1.82, 2.24) is 5.32 Å². The van der Waals surface area contributed by atoms with Gasteiger partial charge in [0, 0.05) is 23.5 Å². The Morgan fingerprint density at radius 2 is 1.72 bits per heavy atom. The minimum atomic E-state index is 0.601. The lowest BCUT2D eigenvalue weighted by atomic mass is 10.1. The van der Waals surface area contributed by atoms with Crippen molar-refractivity contribution in [2.75, 3.05) is 0 Å². The van der Waals surface area contributed by atoms with Crippen LogP contribution in [-0.2, 0) is 6.54 Å². The van der Waals surface area contributed by atoms with Crippen molar-refractivity contribution in [2.45, 2.75) is 24.9 Å². The molecule has 2 heteroatoms. The van der Waals surface area contributed by atoms with Gasteiger partial charge in [-0.2, -0.15) is 0 Å². The molecule has 0 saturated heterocycles. The maximum absolute atomic E-state index is 6.14. The minimum Gasteiger partial charge on any atom is -0.309 e. The van der Waals surface area contributed by atoms with Crippen LogP contribution in [0.5, 0.6) is 0 Å². The summed E-state index contributed by atoms with van der Waals surface area (Å²) in [5.41, 5.74) is 2.62. The molecule has 0 heterocycles. The summed E-state index contributed by atoms with van der Waals surface area (Å²) < 4.78 is 0. The Balaban J connectivity index is 1.56. The van der Waals surface area contributed by atoms with Gasteiger partial charge in [-0.05, 0) is 23.6 Å². The van der Waals surface area contributed by atoms with Crippen molar-refractivity contribution in [3.05, 3.63) is 70.7 Å². The maximum Gasteiger partial charge on any atom is 0.0450 e. The van der Waals surface area contributed by atoms with Crippen LogP contribution in [0.25, 0.3) is 0 Å². The number of hydrogen-bond acceptors (Lipinski definition) is 1. The maximum atomic E-state index is 6.14. The molecule has 1 nitrogen and oxygen atoms in total. The summed E-state index contributed by atoms with van der Waals surface area (Å²) in [7, 11) is 0. The van der Waals surface area contributed by atoms with E-state index in [4.69, 9.17) is 11.6 Å². The first-order valence-corrected chi connectivity index (χ1v) is 6.74. The predicted molar refractivity (Wildman–Crippen MR) is 75.9 cm³/mol. The van der Waals surface area contributed by atoms with E-state index in [-0.39, 0.29) is 0 Å². The van der Waals surface area contributed by atoms with Crippen LogP contribution < -0.4 is 5.32 Å². The lowest BCUT2D eigenvalue weighted by Crippen LogP contribution is -2.17. The monoisotopic (exact) mass is 257 g/mol. The van der Waals surface area contributed by atoms with Crippen LogP contribution in [-0.4, -0.2) is 6.04 Å². The summed E-state index contributed by atoms with van der Waals surface area (Å²) in [6.07, 6.45) is 1.23. The van der Waals surface area contributed by atoms with E-state index in [1.807, 2.05) is 18.2 Å². The normalized spacial score (nSPS) is 21.8. The smallest absolute Gasteiger partial charge is 0.0450 e. The van der Waals surface area contributed by atoms with Crippen molar-refractivity contribution in [2.24, 2.45) is 0 Å². The van der Waals surface area contributed by atoms with Crippen LogP contribution >= 0.6 is 11.6 Å². The van der Waals surface area contributed by atoms with Crippen LogP contribution in [0.3, 0.4) is 0 Å². The van der Waals surface area contributed by atoms with E-state index < -0.39 is 0 Å². The Morgan fingerprint density at radius 1 is 1.00 bits per heavy atom. The van der Waals surface area contributed by atoms with Gasteiger partial charge in [-0.1, -0.05) is 60.1 Å². The second kappa shape index (κ2) is 5.13. The van der Waals surface area contributed by atoms with Gasteiger partial charge >= 0.3 is 0 Å². The fraction of sp³-hybridized carbons (Fsp3) is 0.250.